The van der Waals surface area contributed by atoms with E-state index >= 15 is 0 Å². The van der Waals surface area contributed by atoms with E-state index in [9.17, 15) is 13.2 Å². The number of nitrogens with zero attached hydrogens (tertiary/aromatic N) is 2. The van der Waals surface area contributed by atoms with Crippen molar-refractivity contribution in [3.8, 4) is 0 Å². The third-order valence-electron chi connectivity index (χ3n) is 9.38. The van der Waals surface area contributed by atoms with Crippen LogP contribution in [0.2, 0.25) is 0 Å². The molecule has 3 atom stereocenters. The number of rotatable bonds is 4. The van der Waals surface area contributed by atoms with Crippen molar-refractivity contribution in [2.75, 3.05) is 30.7 Å². The highest BCUT2D eigenvalue weighted by Gasteiger charge is 2.59. The summed E-state index contributed by atoms with van der Waals surface area (Å²) in [5.74, 6) is -0.0337. The second-order valence-corrected chi connectivity index (χ2v) is 13.2. The van der Waals surface area contributed by atoms with Gasteiger partial charge in [-0.05, 0) is 100 Å². The number of benzene rings is 1. The van der Waals surface area contributed by atoms with Gasteiger partial charge in [-0.1, -0.05) is 6.07 Å². The van der Waals surface area contributed by atoms with E-state index in [1.165, 1.54) is 22.3 Å². The average molecular weight is 477 g/mol. The number of sulfonamides is 1. The van der Waals surface area contributed by atoms with Gasteiger partial charge in [0.15, 0.2) is 0 Å². The molecule has 2 N–H and O–H groups in total. The molecule has 3 saturated heterocycles. The Morgan fingerprint density at radius 2 is 1.76 bits per heavy atom. The lowest BCUT2D eigenvalue weighted by atomic mass is 9.74. The van der Waals surface area contributed by atoms with E-state index in [1.807, 2.05) is 0 Å². The molecular weight excluding hydrogens is 436 g/mol. The molecule has 3 fully saturated rings. The quantitative estimate of drug-likeness (QED) is 0.697. The van der Waals surface area contributed by atoms with Crippen molar-refractivity contribution in [1.82, 2.24) is 14.5 Å². The minimum atomic E-state index is -3.79. The number of piperazine rings is 1. The number of aryl methyl sites for hydroxylation is 2. The summed E-state index contributed by atoms with van der Waals surface area (Å²) in [5.41, 5.74) is 5.85. The summed E-state index contributed by atoms with van der Waals surface area (Å²) in [6, 6.07) is 1.61. The fraction of sp³-hybridized carbons (Fsp3) is 0.720. The highest BCUT2D eigenvalue weighted by Crippen LogP contribution is 2.48. The van der Waals surface area contributed by atoms with Crippen LogP contribution in [0.4, 0.5) is 10.5 Å². The van der Waals surface area contributed by atoms with Crippen LogP contribution in [0.15, 0.2) is 6.07 Å². The molecule has 2 aliphatic carbocycles. The maximum Gasteiger partial charge on any atom is 0.332 e. The van der Waals surface area contributed by atoms with Gasteiger partial charge in [-0.15, -0.1) is 0 Å². The molecule has 7 nitrogen and oxygen atoms in total. The van der Waals surface area contributed by atoms with Crippen LogP contribution in [0, 0.1) is 0 Å². The van der Waals surface area contributed by atoms with Crippen molar-refractivity contribution in [2.24, 2.45) is 0 Å². The van der Waals surface area contributed by atoms with Crippen molar-refractivity contribution < 1.29 is 16.1 Å². The Kier molecular flexibility index (Phi) is 4.92. The number of urea groups is 1. The van der Waals surface area contributed by atoms with Gasteiger partial charge in [0.25, 0.3) is 0 Å². The van der Waals surface area contributed by atoms with Crippen molar-refractivity contribution in [3.05, 3.63) is 28.3 Å². The summed E-state index contributed by atoms with van der Waals surface area (Å²) in [7, 11) is -3.79. The fourth-order valence-corrected chi connectivity index (χ4v) is 8.89. The Labute approximate surface area is 200 Å². The van der Waals surface area contributed by atoms with Crippen molar-refractivity contribution in [3.63, 3.8) is 0 Å². The molecule has 0 aromatic heterocycles. The van der Waals surface area contributed by atoms with Crippen LogP contribution in [0.25, 0.3) is 0 Å². The minimum Gasteiger partial charge on any atom is -0.307 e. The van der Waals surface area contributed by atoms with Gasteiger partial charge < -0.3 is 5.32 Å². The third kappa shape index (κ3) is 3.43. The first-order valence-corrected chi connectivity index (χ1v) is 14.3. The molecule has 0 saturated carbocycles. The summed E-state index contributed by atoms with van der Waals surface area (Å²) >= 11 is 0. The summed E-state index contributed by atoms with van der Waals surface area (Å²) in [6.45, 7) is 7.46. The maximum absolute atomic E-state index is 13.3. The standard InChI is InChI=1S/C25H36N4O3S.2H2/c1-24-11-13-29(24)21(25(2)10-5-12-28(25)16-24)15-33(31,32)27-23(30)26-22-19-8-3-6-17(19)14-18-7-4-9-20(18)22;;/h14,21H,3-13,15-16H2,1-2H3,(H2,26,27,30);2*1H/t21-,24+,25+;;/m0../s1. The number of fused-ring (bicyclic) bond motifs is 4. The van der Waals surface area contributed by atoms with Gasteiger partial charge in [0.1, 0.15) is 0 Å². The highest BCUT2D eigenvalue weighted by atomic mass is 32.2. The molecule has 1 aromatic rings. The normalized spacial score (nSPS) is 33.1. The van der Waals surface area contributed by atoms with Crippen molar-refractivity contribution >= 4 is 21.7 Å². The number of hydrogen-bond donors (Lipinski definition) is 2. The first kappa shape index (κ1) is 21.9. The first-order chi connectivity index (χ1) is 15.7. The number of nitrogens with one attached hydrogen (secondary N) is 2. The van der Waals surface area contributed by atoms with Crippen LogP contribution in [0.5, 0.6) is 0 Å². The summed E-state index contributed by atoms with van der Waals surface area (Å²) in [6.07, 6.45) is 9.41. The predicted molar refractivity (Wildman–Crippen MR) is 133 cm³/mol. The summed E-state index contributed by atoms with van der Waals surface area (Å²) in [4.78, 5) is 17.9. The molecule has 5 aliphatic rings. The second-order valence-electron chi connectivity index (χ2n) is 11.4. The van der Waals surface area contributed by atoms with Gasteiger partial charge in [-0.25, -0.2) is 17.9 Å². The SMILES string of the molecule is C[C@]12CCN1[C@@H](CS(=O)(=O)NC(=O)Nc1c3c(cc4c1CCC4)CCC3)[C@@]1(C)CCCN1C2.[HH].[HH]. The van der Waals surface area contributed by atoms with E-state index in [-0.39, 0.29) is 25.7 Å². The Bertz CT molecular complexity index is 1100. The van der Waals surface area contributed by atoms with Crippen LogP contribution < -0.4 is 10.0 Å². The smallest absolute Gasteiger partial charge is 0.307 e. The number of carbonyl (C=O) groups is 1. The predicted octanol–water partition coefficient (Wildman–Crippen LogP) is 3.31. The molecule has 6 rings (SSSR count). The lowest BCUT2D eigenvalue weighted by Crippen LogP contribution is -2.78. The van der Waals surface area contributed by atoms with E-state index in [0.29, 0.717) is 0 Å². The molecular formula is C25H40N4O3S. The van der Waals surface area contributed by atoms with Crippen LogP contribution in [-0.4, -0.2) is 66.8 Å². The van der Waals surface area contributed by atoms with E-state index in [0.717, 1.165) is 83.1 Å². The fourth-order valence-electron chi connectivity index (χ4n) is 7.52. The molecule has 184 valence electrons. The largest absolute Gasteiger partial charge is 0.332 e. The topological polar surface area (TPSA) is 81.8 Å². The monoisotopic (exact) mass is 476 g/mol. The number of hydrogen-bond acceptors (Lipinski definition) is 5. The van der Waals surface area contributed by atoms with Gasteiger partial charge in [0.05, 0.1) is 5.75 Å². The molecule has 1 aromatic carbocycles. The minimum absolute atomic E-state index is 0. The molecule has 0 unspecified atom stereocenters. The van der Waals surface area contributed by atoms with Crippen molar-refractivity contribution in [2.45, 2.75) is 88.8 Å². The van der Waals surface area contributed by atoms with Gasteiger partial charge in [-0.2, -0.15) is 0 Å². The zero-order valence-electron chi connectivity index (χ0n) is 19.9. The summed E-state index contributed by atoms with van der Waals surface area (Å²) < 4.78 is 28.9. The maximum atomic E-state index is 13.3. The van der Waals surface area contributed by atoms with Gasteiger partial charge in [-0.3, -0.25) is 9.80 Å². The second kappa shape index (κ2) is 7.43. The van der Waals surface area contributed by atoms with E-state index < -0.39 is 16.1 Å². The lowest BCUT2D eigenvalue weighted by molar-refractivity contribution is -0.144. The summed E-state index contributed by atoms with van der Waals surface area (Å²) in [5, 5.41) is 2.98. The molecule has 3 heterocycles. The van der Waals surface area contributed by atoms with Gasteiger partial charge >= 0.3 is 6.03 Å². The number of anilines is 1. The van der Waals surface area contributed by atoms with Crippen molar-refractivity contribution in [1.29, 1.82) is 0 Å². The Balaban J connectivity index is 0.00000144. The van der Waals surface area contributed by atoms with Crippen LogP contribution in [0.3, 0.4) is 0 Å². The van der Waals surface area contributed by atoms with E-state index in [1.54, 1.807) is 0 Å². The van der Waals surface area contributed by atoms with E-state index in [2.05, 4.69) is 39.8 Å². The first-order valence-electron chi connectivity index (χ1n) is 12.7. The number of amides is 2. The van der Waals surface area contributed by atoms with Crippen LogP contribution in [-0.2, 0) is 35.7 Å². The molecule has 0 spiro atoms. The lowest BCUT2D eigenvalue weighted by Gasteiger charge is -2.65. The Hall–Kier alpha value is -1.64. The molecule has 8 heteroatoms. The molecule has 0 radical (unpaired) electrons. The molecule has 0 bridgehead atoms. The highest BCUT2D eigenvalue weighted by molar-refractivity contribution is 7.90. The van der Waals surface area contributed by atoms with Gasteiger partial charge in [0, 0.05) is 38.7 Å². The van der Waals surface area contributed by atoms with E-state index in [4.69, 9.17) is 0 Å². The zero-order valence-corrected chi connectivity index (χ0v) is 20.7. The molecule has 33 heavy (non-hydrogen) atoms. The van der Waals surface area contributed by atoms with Gasteiger partial charge in [0.2, 0.25) is 10.0 Å². The van der Waals surface area contributed by atoms with Crippen LogP contribution in [0.1, 0.15) is 71.1 Å². The third-order valence-corrected chi connectivity index (χ3v) is 10.6. The average Bonchev–Trinajstić information content (AvgIpc) is 3.46. The van der Waals surface area contributed by atoms with Crippen LogP contribution >= 0.6 is 0 Å². The molecule has 2 amide bonds. The number of carbonyl (C=O) groups excluding carboxylic acids is 1. The zero-order chi connectivity index (χ0) is 23.0. The molecule has 3 aliphatic heterocycles. The Morgan fingerprint density at radius 1 is 1.06 bits per heavy atom. The Morgan fingerprint density at radius 3 is 2.39 bits per heavy atom.